The molecule has 0 aliphatic rings. The molecule has 0 aliphatic carbocycles. The number of carbonyl (C=O) groups is 1. The molecule has 0 radical (unpaired) electrons. The van der Waals surface area contributed by atoms with Crippen molar-refractivity contribution in [3.8, 4) is 0 Å². The van der Waals surface area contributed by atoms with Gasteiger partial charge in [0.15, 0.2) is 0 Å². The van der Waals surface area contributed by atoms with Crippen LogP contribution in [0.5, 0.6) is 0 Å². The van der Waals surface area contributed by atoms with Crippen molar-refractivity contribution in [3.63, 3.8) is 0 Å². The number of aliphatic hydroxyl groups is 1. The van der Waals surface area contributed by atoms with Crippen LogP contribution in [0.15, 0.2) is 0 Å². The molecule has 5 heteroatoms. The van der Waals surface area contributed by atoms with Crippen LogP contribution in [-0.2, 0) is 9.53 Å². The average molecular weight is 277 g/mol. The number of aliphatic hydroxyl groups excluding tert-OH is 1. The Morgan fingerprint density at radius 2 is 2.11 bits per heavy atom. The van der Waals surface area contributed by atoms with E-state index in [4.69, 9.17) is 4.74 Å². The number of likely N-dealkylation sites (N-methyl/N-ethyl adjacent to an activating group) is 1. The molecule has 0 aromatic rings. The van der Waals surface area contributed by atoms with Crippen LogP contribution in [0.4, 0.5) is 0 Å². The lowest BCUT2D eigenvalue weighted by Gasteiger charge is -2.27. The summed E-state index contributed by atoms with van der Waals surface area (Å²) in [5, 5.41) is 12.8. The number of hydrogen-bond donors (Lipinski definition) is 2. The van der Waals surface area contributed by atoms with E-state index in [2.05, 4.69) is 5.32 Å². The van der Waals surface area contributed by atoms with Gasteiger partial charge in [0.2, 0.25) is 0 Å². The summed E-state index contributed by atoms with van der Waals surface area (Å²) >= 11 is 1.73. The van der Waals surface area contributed by atoms with E-state index >= 15 is 0 Å². The lowest BCUT2D eigenvalue weighted by molar-refractivity contribution is -0.148. The molecule has 18 heavy (non-hydrogen) atoms. The summed E-state index contributed by atoms with van der Waals surface area (Å²) < 4.78 is 4.84. The standard InChI is InChI=1S/C13H27NO3S/c1-6-14-13(4,12(16)17-5)8-7-9-18-11(3)10(2)15/h10-11,14-15H,6-9H2,1-5H3. The van der Waals surface area contributed by atoms with Gasteiger partial charge in [-0.15, -0.1) is 0 Å². The van der Waals surface area contributed by atoms with E-state index in [1.807, 2.05) is 20.8 Å². The summed E-state index contributed by atoms with van der Waals surface area (Å²) in [6.45, 7) is 8.41. The van der Waals surface area contributed by atoms with Crippen molar-refractivity contribution < 1.29 is 14.6 Å². The van der Waals surface area contributed by atoms with Gasteiger partial charge in [-0.3, -0.25) is 4.79 Å². The molecule has 3 atom stereocenters. The number of nitrogens with one attached hydrogen (secondary N) is 1. The predicted molar refractivity (Wildman–Crippen MR) is 76.9 cm³/mol. The van der Waals surface area contributed by atoms with Crippen molar-refractivity contribution in [1.82, 2.24) is 5.32 Å². The third kappa shape index (κ3) is 6.07. The highest BCUT2D eigenvalue weighted by atomic mass is 32.2. The molecule has 0 heterocycles. The molecule has 4 nitrogen and oxygen atoms in total. The van der Waals surface area contributed by atoms with Crippen molar-refractivity contribution in [3.05, 3.63) is 0 Å². The van der Waals surface area contributed by atoms with Crippen molar-refractivity contribution in [2.75, 3.05) is 19.4 Å². The first-order chi connectivity index (χ1) is 8.37. The highest BCUT2D eigenvalue weighted by Crippen LogP contribution is 2.20. The van der Waals surface area contributed by atoms with Crippen LogP contribution in [-0.4, -0.2) is 47.4 Å². The first-order valence-electron chi connectivity index (χ1n) is 6.50. The summed E-state index contributed by atoms with van der Waals surface area (Å²) in [7, 11) is 1.42. The maximum Gasteiger partial charge on any atom is 0.325 e. The molecule has 0 aliphatic heterocycles. The van der Waals surface area contributed by atoms with Gasteiger partial charge >= 0.3 is 5.97 Å². The first kappa shape index (κ1) is 17.7. The Bertz CT molecular complexity index is 248. The Kier molecular flexibility index (Phi) is 8.65. The second-order valence-electron chi connectivity index (χ2n) is 4.77. The smallest absolute Gasteiger partial charge is 0.325 e. The lowest BCUT2D eigenvalue weighted by Crippen LogP contribution is -2.50. The van der Waals surface area contributed by atoms with Crippen molar-refractivity contribution >= 4 is 17.7 Å². The van der Waals surface area contributed by atoms with Crippen LogP contribution < -0.4 is 5.32 Å². The molecule has 0 saturated carbocycles. The lowest BCUT2D eigenvalue weighted by atomic mass is 9.96. The quantitative estimate of drug-likeness (QED) is 0.497. The van der Waals surface area contributed by atoms with Crippen LogP contribution in [0.3, 0.4) is 0 Å². The maximum atomic E-state index is 11.7. The SMILES string of the molecule is CCNC(C)(CCCSC(C)C(C)O)C(=O)OC. The minimum atomic E-state index is -0.599. The molecule has 0 fully saturated rings. The number of rotatable bonds is 9. The molecule has 3 unspecified atom stereocenters. The van der Waals surface area contributed by atoms with Gasteiger partial charge in [-0.2, -0.15) is 11.8 Å². The fourth-order valence-corrected chi connectivity index (χ4v) is 2.67. The van der Waals surface area contributed by atoms with Gasteiger partial charge in [0.25, 0.3) is 0 Å². The number of thioether (sulfide) groups is 1. The normalized spacial score (nSPS) is 17.9. The third-order valence-electron chi connectivity index (χ3n) is 3.08. The molecule has 108 valence electrons. The second kappa shape index (κ2) is 8.77. The van der Waals surface area contributed by atoms with Gasteiger partial charge in [0, 0.05) is 5.25 Å². The maximum absolute atomic E-state index is 11.7. The van der Waals surface area contributed by atoms with Crippen LogP contribution in [0.1, 0.15) is 40.5 Å². The van der Waals surface area contributed by atoms with Crippen LogP contribution in [0.25, 0.3) is 0 Å². The number of hydrogen-bond acceptors (Lipinski definition) is 5. The third-order valence-corrected chi connectivity index (χ3v) is 4.53. The fraction of sp³-hybridized carbons (Fsp3) is 0.923. The Morgan fingerprint density at radius 3 is 2.56 bits per heavy atom. The molecule has 0 aromatic heterocycles. The van der Waals surface area contributed by atoms with E-state index < -0.39 is 5.54 Å². The van der Waals surface area contributed by atoms with Crippen molar-refractivity contribution in [2.45, 2.75) is 57.4 Å². The Balaban J connectivity index is 4.09. The predicted octanol–water partition coefficient (Wildman–Crippen LogP) is 1.81. The van der Waals surface area contributed by atoms with E-state index in [0.29, 0.717) is 0 Å². The number of ether oxygens (including phenoxy) is 1. The highest BCUT2D eigenvalue weighted by Gasteiger charge is 2.32. The minimum Gasteiger partial charge on any atom is -0.468 e. The van der Waals surface area contributed by atoms with E-state index in [1.54, 1.807) is 18.7 Å². The van der Waals surface area contributed by atoms with Gasteiger partial charge in [0.1, 0.15) is 5.54 Å². The van der Waals surface area contributed by atoms with Crippen molar-refractivity contribution in [1.29, 1.82) is 0 Å². The number of methoxy groups -OCH3 is 1. The zero-order valence-electron chi connectivity index (χ0n) is 12.2. The Labute approximate surface area is 115 Å². The Hall–Kier alpha value is -0.260. The summed E-state index contributed by atoms with van der Waals surface area (Å²) in [5.74, 6) is 0.724. The van der Waals surface area contributed by atoms with Crippen LogP contribution in [0.2, 0.25) is 0 Å². The van der Waals surface area contributed by atoms with E-state index in [0.717, 1.165) is 25.1 Å². The van der Waals surface area contributed by atoms with Crippen molar-refractivity contribution in [2.24, 2.45) is 0 Å². The topological polar surface area (TPSA) is 58.6 Å². The van der Waals surface area contributed by atoms with Gasteiger partial charge in [0.05, 0.1) is 13.2 Å². The summed E-state index contributed by atoms with van der Waals surface area (Å²) in [6.07, 6.45) is 1.36. The molecule has 0 spiro atoms. The molecular weight excluding hydrogens is 250 g/mol. The molecule has 2 N–H and O–H groups in total. The number of carbonyl (C=O) groups excluding carboxylic acids is 1. The summed E-state index contributed by atoms with van der Waals surface area (Å²) in [5.41, 5.74) is -0.599. The van der Waals surface area contributed by atoms with Gasteiger partial charge < -0.3 is 15.2 Å². The van der Waals surface area contributed by atoms with Crippen LogP contribution in [0, 0.1) is 0 Å². The summed E-state index contributed by atoms with van der Waals surface area (Å²) in [4.78, 5) is 11.7. The zero-order valence-corrected chi connectivity index (χ0v) is 13.0. The van der Waals surface area contributed by atoms with Gasteiger partial charge in [-0.1, -0.05) is 13.8 Å². The average Bonchev–Trinajstić information content (AvgIpc) is 2.33. The van der Waals surface area contributed by atoms with E-state index in [-0.39, 0.29) is 17.3 Å². The van der Waals surface area contributed by atoms with E-state index in [1.165, 1.54) is 7.11 Å². The Morgan fingerprint density at radius 1 is 1.50 bits per heavy atom. The largest absolute Gasteiger partial charge is 0.468 e. The molecule has 0 rings (SSSR count). The molecule has 0 saturated heterocycles. The minimum absolute atomic E-state index is 0.210. The second-order valence-corrected chi connectivity index (χ2v) is 6.26. The van der Waals surface area contributed by atoms with Crippen LogP contribution >= 0.6 is 11.8 Å². The van der Waals surface area contributed by atoms with Gasteiger partial charge in [-0.25, -0.2) is 0 Å². The monoisotopic (exact) mass is 277 g/mol. The molecule has 0 bridgehead atoms. The molecule has 0 aromatic carbocycles. The first-order valence-corrected chi connectivity index (χ1v) is 7.55. The van der Waals surface area contributed by atoms with E-state index in [9.17, 15) is 9.90 Å². The van der Waals surface area contributed by atoms with Gasteiger partial charge in [-0.05, 0) is 39.0 Å². The fourth-order valence-electron chi connectivity index (χ4n) is 1.71. The zero-order chi connectivity index (χ0) is 14.2. The molecular formula is C13H27NO3S. The number of esters is 1. The summed E-state index contributed by atoms with van der Waals surface area (Å²) in [6, 6.07) is 0. The molecule has 0 amide bonds. The highest BCUT2D eigenvalue weighted by molar-refractivity contribution is 7.99.